The van der Waals surface area contributed by atoms with Crippen molar-refractivity contribution in [2.75, 3.05) is 80.7 Å². The van der Waals surface area contributed by atoms with Crippen LogP contribution in [0.2, 0.25) is 0 Å². The van der Waals surface area contributed by atoms with Crippen molar-refractivity contribution < 1.29 is 28.0 Å². The summed E-state index contributed by atoms with van der Waals surface area (Å²) >= 11 is 0. The van der Waals surface area contributed by atoms with Crippen LogP contribution in [-0.4, -0.2) is 101 Å². The molecule has 0 aliphatic carbocycles. The monoisotopic (exact) mass is 833 g/mol. The molecule has 0 spiro atoms. The molecule has 0 unspecified atom stereocenters. The zero-order valence-corrected chi connectivity index (χ0v) is 39.4. The molecule has 0 saturated carbocycles. The van der Waals surface area contributed by atoms with Gasteiger partial charge in [-0.05, 0) is 79.5 Å². The summed E-state index contributed by atoms with van der Waals surface area (Å²) in [5.74, 6) is 1.05. The van der Waals surface area contributed by atoms with E-state index in [2.05, 4.69) is 78.0 Å². The molecular weight excluding hydrogens is 745 g/mol. The Hall–Kier alpha value is -3.62. The Morgan fingerprint density at radius 1 is 0.550 bits per heavy atom. The van der Waals surface area contributed by atoms with Crippen LogP contribution in [-0.2, 0) is 22.4 Å². The average Bonchev–Trinajstić information content (AvgIpc) is 3.22. The van der Waals surface area contributed by atoms with Crippen LogP contribution in [0.5, 0.6) is 11.5 Å². The second-order valence-corrected chi connectivity index (χ2v) is 18.3. The van der Waals surface area contributed by atoms with E-state index in [0.717, 1.165) is 57.2 Å². The lowest BCUT2D eigenvalue weighted by atomic mass is 9.97. The first kappa shape index (κ1) is 52.5. The fraction of sp³-hybridized carbons (Fsp3) is 0.654. The third kappa shape index (κ3) is 24.0. The molecular formula is C52H88N4O4+2. The molecule has 2 aromatic carbocycles. The zero-order valence-electron chi connectivity index (χ0n) is 39.4. The highest BCUT2D eigenvalue weighted by Crippen LogP contribution is 2.35. The Balaban J connectivity index is 1.86. The summed E-state index contributed by atoms with van der Waals surface area (Å²) in [6.07, 6.45) is 28.2. The molecule has 0 aliphatic rings. The Morgan fingerprint density at radius 3 is 1.47 bits per heavy atom. The van der Waals surface area contributed by atoms with Crippen LogP contribution in [0, 0.1) is 0 Å². The number of benzene rings is 2. The van der Waals surface area contributed by atoms with Crippen molar-refractivity contribution in [3.8, 4) is 22.6 Å². The normalized spacial score (nSPS) is 11.6. The highest BCUT2D eigenvalue weighted by Gasteiger charge is 2.17. The van der Waals surface area contributed by atoms with Gasteiger partial charge < -0.3 is 29.1 Å². The largest absolute Gasteiger partial charge is 0.483 e. The number of carbonyl (C=O) groups is 2. The molecule has 0 saturated heterocycles. The third-order valence-corrected chi connectivity index (χ3v) is 11.6. The van der Waals surface area contributed by atoms with Crippen molar-refractivity contribution in [3.63, 3.8) is 0 Å². The minimum absolute atomic E-state index is 0.0476. The molecule has 2 rings (SSSR count). The molecule has 0 heterocycles. The van der Waals surface area contributed by atoms with Crippen LogP contribution in [0.1, 0.15) is 141 Å². The summed E-state index contributed by atoms with van der Waals surface area (Å²) in [7, 11) is 9.17. The quantitative estimate of drug-likeness (QED) is 0.0404. The van der Waals surface area contributed by atoms with E-state index in [1.54, 1.807) is 0 Å². The van der Waals surface area contributed by atoms with Gasteiger partial charge in [0.15, 0.2) is 13.2 Å². The van der Waals surface area contributed by atoms with Gasteiger partial charge in [-0.2, -0.15) is 0 Å². The lowest BCUT2D eigenvalue weighted by Gasteiger charge is -2.30. The Labute approximate surface area is 367 Å². The Bertz CT molecular complexity index is 1500. The molecule has 0 fully saturated rings. The molecule has 60 heavy (non-hydrogen) atoms. The van der Waals surface area contributed by atoms with Gasteiger partial charge in [-0.3, -0.25) is 9.59 Å². The molecule has 0 aliphatic heterocycles. The molecule has 0 bridgehead atoms. The summed E-state index contributed by atoms with van der Waals surface area (Å²) < 4.78 is 14.2. The van der Waals surface area contributed by atoms with Crippen LogP contribution >= 0.6 is 0 Å². The fourth-order valence-electron chi connectivity index (χ4n) is 7.85. The second kappa shape index (κ2) is 31.3. The molecule has 8 nitrogen and oxygen atoms in total. The van der Waals surface area contributed by atoms with E-state index in [4.69, 9.17) is 9.47 Å². The first-order chi connectivity index (χ1) is 28.9. The number of quaternary nitrogens is 2. The van der Waals surface area contributed by atoms with E-state index in [0.29, 0.717) is 37.4 Å². The summed E-state index contributed by atoms with van der Waals surface area (Å²) in [6.45, 7) is 18.0. The summed E-state index contributed by atoms with van der Waals surface area (Å²) in [5.41, 5.74) is 3.86. The van der Waals surface area contributed by atoms with E-state index in [-0.39, 0.29) is 25.0 Å². The molecule has 2 aromatic rings. The number of nitrogens with one attached hydrogen (secondary N) is 2. The van der Waals surface area contributed by atoms with Gasteiger partial charge in [0.25, 0.3) is 11.8 Å². The van der Waals surface area contributed by atoms with Gasteiger partial charge in [0, 0.05) is 31.5 Å². The summed E-state index contributed by atoms with van der Waals surface area (Å²) in [6, 6.07) is 12.0. The van der Waals surface area contributed by atoms with E-state index >= 15 is 0 Å². The number of hydrogen-bond donors (Lipinski definition) is 2. The number of ether oxygens (including phenoxy) is 2. The molecule has 8 heteroatoms. The molecule has 0 radical (unpaired) electrons. The summed E-state index contributed by atoms with van der Waals surface area (Å²) in [4.78, 5) is 25.7. The van der Waals surface area contributed by atoms with Crippen molar-refractivity contribution in [1.29, 1.82) is 0 Å². The summed E-state index contributed by atoms with van der Waals surface area (Å²) in [5, 5.41) is 6.12. The molecule has 2 amide bonds. The predicted octanol–water partition coefficient (Wildman–Crippen LogP) is 11.0. The Morgan fingerprint density at radius 2 is 0.983 bits per heavy atom. The average molecular weight is 833 g/mol. The van der Waals surface area contributed by atoms with Crippen molar-refractivity contribution >= 4 is 11.8 Å². The number of amides is 2. The maximum atomic E-state index is 12.9. The van der Waals surface area contributed by atoms with Crippen LogP contribution < -0.4 is 20.1 Å². The van der Waals surface area contributed by atoms with Gasteiger partial charge in [-0.1, -0.05) is 115 Å². The van der Waals surface area contributed by atoms with Gasteiger partial charge >= 0.3 is 0 Å². The first-order valence-electron chi connectivity index (χ1n) is 23.8. The van der Waals surface area contributed by atoms with E-state index < -0.39 is 0 Å². The van der Waals surface area contributed by atoms with E-state index in [1.165, 1.54) is 116 Å². The standard InChI is InChI=1S/C52H86N4O4/c1-9-13-15-17-19-21-23-25-37-55(5,6)39-27-35-53-51(57)43-59-49-34-32-46(42-47(49)30-12-4)48-41-45(29-11-3)31-33-50(48)60-44-52(58)54-36-28-40-56(7,8)38-26-24-22-20-18-16-14-10-2/h11-12,31-34,41-42H,3-4,9-10,13-30,35-40,43-44H2,1-2,5-8H3/p+2. The highest BCUT2D eigenvalue weighted by atomic mass is 16.5. The molecule has 338 valence electrons. The number of carbonyl (C=O) groups excluding carboxylic acids is 2. The maximum Gasteiger partial charge on any atom is 0.257 e. The second-order valence-electron chi connectivity index (χ2n) is 18.3. The lowest BCUT2D eigenvalue weighted by Crippen LogP contribution is -2.42. The molecule has 0 atom stereocenters. The van der Waals surface area contributed by atoms with Crippen molar-refractivity contribution in [2.45, 2.75) is 142 Å². The SMILES string of the molecule is C=CCc1ccc(OCC(=O)NCCC[N+](C)(C)CCCCCCCCCC)c(-c2ccc(OCC(=O)NCCC[N+](C)(C)CCCCCCCCCC)c(CC=C)c2)c1. The molecule has 2 N–H and O–H groups in total. The van der Waals surface area contributed by atoms with Gasteiger partial charge in [0.1, 0.15) is 11.5 Å². The van der Waals surface area contributed by atoms with Crippen molar-refractivity contribution in [3.05, 3.63) is 72.8 Å². The highest BCUT2D eigenvalue weighted by molar-refractivity contribution is 5.79. The number of allylic oxidation sites excluding steroid dienone is 2. The zero-order chi connectivity index (χ0) is 43.9. The van der Waals surface area contributed by atoms with Crippen LogP contribution in [0.4, 0.5) is 0 Å². The van der Waals surface area contributed by atoms with E-state index in [1.807, 2.05) is 36.4 Å². The van der Waals surface area contributed by atoms with Gasteiger partial charge in [0.2, 0.25) is 0 Å². The smallest absolute Gasteiger partial charge is 0.257 e. The van der Waals surface area contributed by atoms with Crippen LogP contribution in [0.3, 0.4) is 0 Å². The predicted molar refractivity (Wildman–Crippen MR) is 255 cm³/mol. The topological polar surface area (TPSA) is 76.7 Å². The minimum atomic E-state index is -0.125. The van der Waals surface area contributed by atoms with Crippen molar-refractivity contribution in [1.82, 2.24) is 10.6 Å². The van der Waals surface area contributed by atoms with Crippen LogP contribution in [0.25, 0.3) is 11.1 Å². The third-order valence-electron chi connectivity index (χ3n) is 11.6. The van der Waals surface area contributed by atoms with Gasteiger partial charge in [-0.25, -0.2) is 0 Å². The minimum Gasteiger partial charge on any atom is -0.483 e. The van der Waals surface area contributed by atoms with Gasteiger partial charge in [-0.15, -0.1) is 13.2 Å². The first-order valence-corrected chi connectivity index (χ1v) is 23.8. The molecule has 0 aromatic heterocycles. The lowest BCUT2D eigenvalue weighted by molar-refractivity contribution is -0.890. The number of hydrogen-bond acceptors (Lipinski definition) is 4. The van der Waals surface area contributed by atoms with Crippen molar-refractivity contribution in [2.24, 2.45) is 0 Å². The van der Waals surface area contributed by atoms with E-state index in [9.17, 15) is 9.59 Å². The number of rotatable bonds is 37. The maximum absolute atomic E-state index is 12.9. The number of nitrogens with zero attached hydrogens (tertiary/aromatic N) is 2. The fourth-order valence-corrected chi connectivity index (χ4v) is 7.85. The van der Waals surface area contributed by atoms with Gasteiger partial charge in [0.05, 0.1) is 54.4 Å². The van der Waals surface area contributed by atoms with Crippen LogP contribution in [0.15, 0.2) is 61.7 Å². The Kier molecular flexibility index (Phi) is 27.4. The number of unbranched alkanes of at least 4 members (excludes halogenated alkanes) is 14.